The summed E-state index contributed by atoms with van der Waals surface area (Å²) in [5.74, 6) is 2.14. The highest BCUT2D eigenvalue weighted by Crippen LogP contribution is 2.30. The molecule has 5 heteroatoms. The van der Waals surface area contributed by atoms with Crippen LogP contribution in [-0.4, -0.2) is 20.6 Å². The molecule has 0 saturated heterocycles. The van der Waals surface area contributed by atoms with Crippen molar-refractivity contribution in [2.24, 2.45) is 23.7 Å². The van der Waals surface area contributed by atoms with Crippen LogP contribution in [0.1, 0.15) is 31.6 Å². The largest absolute Gasteiger partial charge is 0.387 e. The van der Waals surface area contributed by atoms with Gasteiger partial charge < -0.3 is 10.3 Å². The number of amidine groups is 1. The number of nitrogens with zero attached hydrogens (tertiary/aromatic N) is 4. The molecular formula is C9H15N5. The second kappa shape index (κ2) is 3.40. The second-order valence-corrected chi connectivity index (χ2v) is 3.80. The Morgan fingerprint density at radius 3 is 2.93 bits per heavy atom. The number of hydrogen-bond acceptors (Lipinski definition) is 3. The average molecular weight is 193 g/mol. The van der Waals surface area contributed by atoms with Crippen LogP contribution in [0.25, 0.3) is 0 Å². The minimum atomic E-state index is 0.00287. The van der Waals surface area contributed by atoms with Crippen LogP contribution >= 0.6 is 0 Å². The molecule has 1 fully saturated rings. The van der Waals surface area contributed by atoms with E-state index in [1.165, 1.54) is 12.8 Å². The zero-order valence-corrected chi connectivity index (χ0v) is 8.51. The lowest BCUT2D eigenvalue weighted by Gasteiger charge is -2.06. The summed E-state index contributed by atoms with van der Waals surface area (Å²) in [4.78, 5) is 4.41. The van der Waals surface area contributed by atoms with Gasteiger partial charge in [-0.25, -0.2) is 0 Å². The van der Waals surface area contributed by atoms with Crippen molar-refractivity contribution >= 4 is 5.84 Å². The number of hydrogen-bond donors (Lipinski definition) is 1. The van der Waals surface area contributed by atoms with E-state index in [9.17, 15) is 0 Å². The van der Waals surface area contributed by atoms with Crippen molar-refractivity contribution in [3.63, 3.8) is 0 Å². The minimum Gasteiger partial charge on any atom is -0.387 e. The highest BCUT2D eigenvalue weighted by Gasteiger charge is 2.26. The molecule has 1 saturated carbocycles. The van der Waals surface area contributed by atoms with Gasteiger partial charge >= 0.3 is 0 Å². The van der Waals surface area contributed by atoms with E-state index < -0.39 is 0 Å². The van der Waals surface area contributed by atoms with E-state index in [1.807, 2.05) is 18.5 Å². The summed E-state index contributed by atoms with van der Waals surface area (Å²) in [6.07, 6.45) is 4.04. The van der Waals surface area contributed by atoms with Gasteiger partial charge in [0.1, 0.15) is 12.4 Å². The molecule has 1 aliphatic rings. The first-order valence-corrected chi connectivity index (χ1v) is 4.85. The van der Waals surface area contributed by atoms with Gasteiger partial charge in [0.25, 0.3) is 0 Å². The molecular weight excluding hydrogens is 178 g/mol. The summed E-state index contributed by atoms with van der Waals surface area (Å²) in [7, 11) is 1.91. The molecule has 0 spiro atoms. The summed E-state index contributed by atoms with van der Waals surface area (Å²) in [5.41, 5.74) is 5.83. The summed E-state index contributed by atoms with van der Waals surface area (Å²) in [6, 6.07) is 0.00287. The molecule has 1 aromatic rings. The van der Waals surface area contributed by atoms with Crippen molar-refractivity contribution in [2.45, 2.75) is 25.8 Å². The Morgan fingerprint density at radius 1 is 1.71 bits per heavy atom. The van der Waals surface area contributed by atoms with Gasteiger partial charge in [0.05, 0.1) is 5.84 Å². The molecule has 0 bridgehead atoms. The Bertz CT molecular complexity index is 350. The SMILES string of the molecule is CC(N=C(N)C1CC1)c1nncn1C. The lowest BCUT2D eigenvalue weighted by atomic mass is 10.3. The molecule has 1 heterocycles. The molecule has 5 nitrogen and oxygen atoms in total. The van der Waals surface area contributed by atoms with E-state index in [0.717, 1.165) is 11.7 Å². The van der Waals surface area contributed by atoms with Crippen LogP contribution < -0.4 is 5.73 Å². The summed E-state index contributed by atoms with van der Waals surface area (Å²) < 4.78 is 1.87. The Morgan fingerprint density at radius 2 is 2.43 bits per heavy atom. The first-order valence-electron chi connectivity index (χ1n) is 4.85. The van der Waals surface area contributed by atoms with Crippen LogP contribution in [0, 0.1) is 5.92 Å². The minimum absolute atomic E-state index is 0.00287. The van der Waals surface area contributed by atoms with E-state index in [4.69, 9.17) is 5.73 Å². The number of aryl methyl sites for hydroxylation is 1. The van der Waals surface area contributed by atoms with Gasteiger partial charge in [-0.1, -0.05) is 0 Å². The second-order valence-electron chi connectivity index (χ2n) is 3.80. The van der Waals surface area contributed by atoms with Gasteiger partial charge in [-0.2, -0.15) is 0 Å². The fourth-order valence-electron chi connectivity index (χ4n) is 1.44. The van der Waals surface area contributed by atoms with Gasteiger partial charge in [0.15, 0.2) is 5.82 Å². The van der Waals surface area contributed by atoms with E-state index in [0.29, 0.717) is 5.92 Å². The normalized spacial score (nSPS) is 19.7. The predicted octanol–water partition coefficient (Wildman–Crippen LogP) is 0.643. The Kier molecular flexibility index (Phi) is 2.23. The lowest BCUT2D eigenvalue weighted by molar-refractivity contribution is 0.682. The van der Waals surface area contributed by atoms with Crippen LogP contribution in [0.3, 0.4) is 0 Å². The summed E-state index contributed by atoms with van der Waals surface area (Å²) in [5, 5.41) is 7.81. The molecule has 2 rings (SSSR count). The van der Waals surface area contributed by atoms with Crippen LogP contribution in [-0.2, 0) is 7.05 Å². The topological polar surface area (TPSA) is 69.1 Å². The zero-order chi connectivity index (χ0) is 10.1. The van der Waals surface area contributed by atoms with Crippen LogP contribution in [0.5, 0.6) is 0 Å². The van der Waals surface area contributed by atoms with Crippen molar-refractivity contribution in [1.82, 2.24) is 14.8 Å². The van der Waals surface area contributed by atoms with E-state index >= 15 is 0 Å². The summed E-state index contributed by atoms with van der Waals surface area (Å²) in [6.45, 7) is 1.99. The van der Waals surface area contributed by atoms with Crippen LogP contribution in [0.15, 0.2) is 11.3 Å². The van der Waals surface area contributed by atoms with Crippen molar-refractivity contribution in [3.8, 4) is 0 Å². The van der Waals surface area contributed by atoms with E-state index in [-0.39, 0.29) is 6.04 Å². The van der Waals surface area contributed by atoms with Gasteiger partial charge in [-0.05, 0) is 19.8 Å². The molecule has 1 atom stereocenters. The fourth-order valence-corrected chi connectivity index (χ4v) is 1.44. The molecule has 76 valence electrons. The van der Waals surface area contributed by atoms with Crippen molar-refractivity contribution in [1.29, 1.82) is 0 Å². The molecule has 0 aliphatic heterocycles. The third kappa shape index (κ3) is 1.76. The third-order valence-corrected chi connectivity index (χ3v) is 2.46. The lowest BCUT2D eigenvalue weighted by Crippen LogP contribution is -2.16. The van der Waals surface area contributed by atoms with Gasteiger partial charge in [0, 0.05) is 13.0 Å². The molecule has 0 radical (unpaired) electrons. The molecule has 1 aliphatic carbocycles. The Labute approximate surface area is 83.0 Å². The van der Waals surface area contributed by atoms with Crippen molar-refractivity contribution in [3.05, 3.63) is 12.2 Å². The molecule has 14 heavy (non-hydrogen) atoms. The van der Waals surface area contributed by atoms with Gasteiger partial charge in [-0.15, -0.1) is 10.2 Å². The standard InChI is InChI=1S/C9H15N5/c1-6(9-13-11-5-14(9)2)12-8(10)7-3-4-7/h5-7H,3-4H2,1-2H3,(H2,10,12). The summed E-state index contributed by atoms with van der Waals surface area (Å²) >= 11 is 0. The fraction of sp³-hybridized carbons (Fsp3) is 0.667. The number of nitrogens with two attached hydrogens (primary N) is 1. The zero-order valence-electron chi connectivity index (χ0n) is 8.51. The Hall–Kier alpha value is -1.39. The predicted molar refractivity (Wildman–Crippen MR) is 53.8 cm³/mol. The number of aliphatic imine (C=N–C) groups is 1. The molecule has 0 aromatic carbocycles. The maximum atomic E-state index is 5.83. The highest BCUT2D eigenvalue weighted by molar-refractivity contribution is 5.85. The van der Waals surface area contributed by atoms with E-state index in [2.05, 4.69) is 15.2 Å². The van der Waals surface area contributed by atoms with Gasteiger partial charge in [-0.3, -0.25) is 4.99 Å². The molecule has 0 amide bonds. The third-order valence-electron chi connectivity index (χ3n) is 2.46. The van der Waals surface area contributed by atoms with Gasteiger partial charge in [0.2, 0.25) is 0 Å². The number of aromatic nitrogens is 3. The average Bonchev–Trinajstić information content (AvgIpc) is 2.89. The monoisotopic (exact) mass is 193 g/mol. The molecule has 2 N–H and O–H groups in total. The van der Waals surface area contributed by atoms with E-state index in [1.54, 1.807) is 6.33 Å². The van der Waals surface area contributed by atoms with Crippen molar-refractivity contribution < 1.29 is 0 Å². The smallest absolute Gasteiger partial charge is 0.157 e. The molecule has 1 aromatic heterocycles. The van der Waals surface area contributed by atoms with Crippen LogP contribution in [0.2, 0.25) is 0 Å². The first kappa shape index (κ1) is 9.18. The maximum absolute atomic E-state index is 5.83. The van der Waals surface area contributed by atoms with Crippen molar-refractivity contribution in [2.75, 3.05) is 0 Å². The maximum Gasteiger partial charge on any atom is 0.157 e. The quantitative estimate of drug-likeness (QED) is 0.566. The number of rotatable bonds is 3. The first-order chi connectivity index (χ1) is 6.68. The molecule has 1 unspecified atom stereocenters. The van der Waals surface area contributed by atoms with Crippen LogP contribution in [0.4, 0.5) is 0 Å². The Balaban J connectivity index is 2.11. The highest BCUT2D eigenvalue weighted by atomic mass is 15.3.